The molecule has 1 aliphatic rings. The summed E-state index contributed by atoms with van der Waals surface area (Å²) in [4.78, 5) is 10.3. The third kappa shape index (κ3) is 4.38. The van der Waals surface area contributed by atoms with Gasteiger partial charge in [-0.2, -0.15) is 0 Å². The van der Waals surface area contributed by atoms with Crippen molar-refractivity contribution < 1.29 is 19.4 Å². The number of allylic oxidation sites excluding steroid dienone is 4. The van der Waals surface area contributed by atoms with Crippen molar-refractivity contribution in [2.24, 2.45) is 0 Å². The Kier molecular flexibility index (Phi) is 4.99. The molecule has 21 heavy (non-hydrogen) atoms. The first-order valence-electron chi connectivity index (χ1n) is 6.45. The zero-order valence-corrected chi connectivity index (χ0v) is 11.7. The van der Waals surface area contributed by atoms with Crippen molar-refractivity contribution in [2.75, 3.05) is 13.7 Å². The van der Waals surface area contributed by atoms with Crippen LogP contribution in [-0.4, -0.2) is 24.8 Å². The van der Waals surface area contributed by atoms with E-state index in [1.807, 2.05) is 36.4 Å². The van der Waals surface area contributed by atoms with E-state index in [9.17, 15) is 4.79 Å². The van der Waals surface area contributed by atoms with Crippen molar-refractivity contribution in [1.82, 2.24) is 0 Å². The number of carboxylic acids is 1. The minimum atomic E-state index is -0.961. The van der Waals surface area contributed by atoms with E-state index in [1.165, 1.54) is 6.08 Å². The molecule has 4 nitrogen and oxygen atoms in total. The average molecular weight is 284 g/mol. The first-order valence-corrected chi connectivity index (χ1v) is 6.45. The molecule has 0 radical (unpaired) electrons. The zero-order valence-electron chi connectivity index (χ0n) is 11.7. The second-order valence-corrected chi connectivity index (χ2v) is 4.35. The molecule has 1 heterocycles. The standard InChI is InChI=1S/C17H16O4/c1-20-15-8-9-16-14(11-15)10-13(12-21-16)6-4-2-3-5-7-17(18)19/h2-11H,12H2,1H3,(H,18,19)/b3-2+,6-4+,7-5+. The molecule has 0 saturated carbocycles. The van der Waals surface area contributed by atoms with Crippen LogP contribution in [0.3, 0.4) is 0 Å². The van der Waals surface area contributed by atoms with E-state index in [0.717, 1.165) is 28.7 Å². The highest BCUT2D eigenvalue weighted by Crippen LogP contribution is 2.30. The molecule has 0 aromatic heterocycles. The molecule has 108 valence electrons. The van der Waals surface area contributed by atoms with Crippen LogP contribution in [0.5, 0.6) is 11.5 Å². The predicted molar refractivity (Wildman–Crippen MR) is 81.5 cm³/mol. The summed E-state index contributed by atoms with van der Waals surface area (Å²) in [6.07, 6.45) is 11.8. The molecule has 0 fully saturated rings. The van der Waals surface area contributed by atoms with Gasteiger partial charge in [0.05, 0.1) is 7.11 Å². The summed E-state index contributed by atoms with van der Waals surface area (Å²) in [7, 11) is 1.63. The van der Waals surface area contributed by atoms with Crippen molar-refractivity contribution in [3.63, 3.8) is 0 Å². The number of hydrogen-bond donors (Lipinski definition) is 1. The largest absolute Gasteiger partial charge is 0.497 e. The van der Waals surface area contributed by atoms with Gasteiger partial charge in [-0.3, -0.25) is 0 Å². The van der Waals surface area contributed by atoms with Gasteiger partial charge in [0.2, 0.25) is 0 Å². The maximum atomic E-state index is 10.3. The summed E-state index contributed by atoms with van der Waals surface area (Å²) in [6.45, 7) is 0.509. The first-order chi connectivity index (χ1) is 10.2. The Balaban J connectivity index is 2.04. The summed E-state index contributed by atoms with van der Waals surface area (Å²) >= 11 is 0. The molecule has 1 N–H and O–H groups in total. The number of carbonyl (C=O) groups is 1. The second kappa shape index (κ2) is 7.14. The highest BCUT2D eigenvalue weighted by Gasteiger charge is 2.10. The number of aliphatic carboxylic acids is 1. The van der Waals surface area contributed by atoms with Crippen molar-refractivity contribution in [1.29, 1.82) is 0 Å². The Morgan fingerprint density at radius 1 is 1.29 bits per heavy atom. The lowest BCUT2D eigenvalue weighted by Gasteiger charge is -2.16. The van der Waals surface area contributed by atoms with Crippen LogP contribution in [0.4, 0.5) is 0 Å². The lowest BCUT2D eigenvalue weighted by Crippen LogP contribution is -2.05. The molecule has 4 heteroatoms. The maximum Gasteiger partial charge on any atom is 0.328 e. The molecule has 0 spiro atoms. The van der Waals surface area contributed by atoms with Gasteiger partial charge in [0.1, 0.15) is 18.1 Å². The number of benzene rings is 1. The molecule has 0 unspecified atom stereocenters. The van der Waals surface area contributed by atoms with Crippen molar-refractivity contribution >= 4 is 12.0 Å². The van der Waals surface area contributed by atoms with Gasteiger partial charge in [0.25, 0.3) is 0 Å². The Hall–Kier alpha value is -2.75. The topological polar surface area (TPSA) is 55.8 Å². The van der Waals surface area contributed by atoms with Crippen LogP contribution in [0.25, 0.3) is 6.08 Å². The lowest BCUT2D eigenvalue weighted by atomic mass is 10.1. The summed E-state index contributed by atoms with van der Waals surface area (Å²) in [5, 5.41) is 8.44. The van der Waals surface area contributed by atoms with Crippen molar-refractivity contribution in [2.45, 2.75) is 0 Å². The van der Waals surface area contributed by atoms with Crippen molar-refractivity contribution in [3.05, 3.63) is 65.8 Å². The second-order valence-electron chi connectivity index (χ2n) is 4.35. The van der Waals surface area contributed by atoms with Crippen LogP contribution in [0, 0.1) is 0 Å². The molecule has 0 saturated heterocycles. The normalized spacial score (nSPS) is 14.2. The zero-order chi connectivity index (χ0) is 15.1. The van der Waals surface area contributed by atoms with Gasteiger partial charge in [-0.1, -0.05) is 30.4 Å². The Bertz CT molecular complexity index is 636. The average Bonchev–Trinajstić information content (AvgIpc) is 2.49. The third-order valence-corrected chi connectivity index (χ3v) is 2.83. The Morgan fingerprint density at radius 3 is 2.86 bits per heavy atom. The summed E-state index contributed by atoms with van der Waals surface area (Å²) in [6, 6.07) is 5.68. The molecule has 2 rings (SSSR count). The highest BCUT2D eigenvalue weighted by atomic mass is 16.5. The van der Waals surface area contributed by atoms with Gasteiger partial charge in [-0.05, 0) is 29.8 Å². The number of carboxylic acid groups (broad SMARTS) is 1. The molecular formula is C17H16O4. The van der Waals surface area contributed by atoms with Gasteiger partial charge in [0.15, 0.2) is 0 Å². The summed E-state index contributed by atoms with van der Waals surface area (Å²) in [5.74, 6) is 0.669. The summed E-state index contributed by atoms with van der Waals surface area (Å²) < 4.78 is 10.8. The van der Waals surface area contributed by atoms with Crippen LogP contribution >= 0.6 is 0 Å². The smallest absolute Gasteiger partial charge is 0.328 e. The molecule has 1 aliphatic heterocycles. The van der Waals surface area contributed by atoms with E-state index in [0.29, 0.717) is 6.61 Å². The van der Waals surface area contributed by atoms with E-state index in [2.05, 4.69) is 0 Å². The predicted octanol–water partition coefficient (Wildman–Crippen LogP) is 3.22. The minimum Gasteiger partial charge on any atom is -0.497 e. The van der Waals surface area contributed by atoms with Crippen LogP contribution in [0.2, 0.25) is 0 Å². The number of hydrogen-bond acceptors (Lipinski definition) is 3. The van der Waals surface area contributed by atoms with Crippen molar-refractivity contribution in [3.8, 4) is 11.5 Å². The quantitative estimate of drug-likeness (QED) is 0.666. The van der Waals surface area contributed by atoms with Crippen LogP contribution in [0.15, 0.2) is 60.2 Å². The van der Waals surface area contributed by atoms with E-state index < -0.39 is 5.97 Å². The van der Waals surface area contributed by atoms with Gasteiger partial charge in [-0.25, -0.2) is 4.79 Å². The molecular weight excluding hydrogens is 268 g/mol. The monoisotopic (exact) mass is 284 g/mol. The maximum absolute atomic E-state index is 10.3. The molecule has 1 aromatic rings. The van der Waals surface area contributed by atoms with Gasteiger partial charge in [-0.15, -0.1) is 0 Å². The number of ether oxygens (including phenoxy) is 2. The fourth-order valence-electron chi connectivity index (χ4n) is 1.84. The van der Waals surface area contributed by atoms with E-state index in [1.54, 1.807) is 19.3 Å². The van der Waals surface area contributed by atoms with E-state index >= 15 is 0 Å². The molecule has 0 amide bonds. The molecule has 0 aliphatic carbocycles. The number of rotatable bonds is 5. The van der Waals surface area contributed by atoms with Gasteiger partial charge >= 0.3 is 5.97 Å². The van der Waals surface area contributed by atoms with Gasteiger partial charge < -0.3 is 14.6 Å². The Morgan fingerprint density at radius 2 is 2.10 bits per heavy atom. The van der Waals surface area contributed by atoms with Gasteiger partial charge in [0, 0.05) is 11.6 Å². The molecule has 0 bridgehead atoms. The minimum absolute atomic E-state index is 0.509. The van der Waals surface area contributed by atoms with E-state index in [-0.39, 0.29) is 0 Å². The third-order valence-electron chi connectivity index (χ3n) is 2.83. The fourth-order valence-corrected chi connectivity index (χ4v) is 1.84. The SMILES string of the molecule is COc1ccc2c(c1)C=C(/C=C/C=C/C=C/C(=O)O)CO2. The number of methoxy groups -OCH3 is 1. The van der Waals surface area contributed by atoms with E-state index in [4.69, 9.17) is 14.6 Å². The van der Waals surface area contributed by atoms with Crippen LogP contribution in [0.1, 0.15) is 5.56 Å². The fraction of sp³-hybridized carbons (Fsp3) is 0.118. The summed E-state index contributed by atoms with van der Waals surface area (Å²) in [5.41, 5.74) is 2.01. The molecule has 1 aromatic carbocycles. The number of fused-ring (bicyclic) bond motifs is 1. The first kappa shape index (κ1) is 14.7. The highest BCUT2D eigenvalue weighted by molar-refractivity contribution is 5.80. The lowest BCUT2D eigenvalue weighted by molar-refractivity contribution is -0.131. The van der Waals surface area contributed by atoms with Crippen LogP contribution < -0.4 is 9.47 Å². The van der Waals surface area contributed by atoms with Crippen LogP contribution in [-0.2, 0) is 4.79 Å². The Labute approximate surface area is 123 Å². The molecule has 0 atom stereocenters.